The minimum absolute atomic E-state index is 0.0664. The molecule has 0 unspecified atom stereocenters. The third-order valence-electron chi connectivity index (χ3n) is 5.61. The number of hydrogen-bond acceptors (Lipinski definition) is 6. The van der Waals surface area contributed by atoms with Crippen LogP contribution in [0.2, 0.25) is 0 Å². The zero-order chi connectivity index (χ0) is 22.8. The van der Waals surface area contributed by atoms with Gasteiger partial charge >= 0.3 is 5.97 Å². The minimum Gasteiger partial charge on any atom is -0.496 e. The number of ether oxygens (including phenoxy) is 3. The first-order valence-electron chi connectivity index (χ1n) is 10.1. The van der Waals surface area contributed by atoms with Crippen LogP contribution in [-0.2, 0) is 16.1 Å². The average molecular weight is 432 g/mol. The Hall–Kier alpha value is -4.00. The van der Waals surface area contributed by atoms with Gasteiger partial charge in [0.1, 0.15) is 17.1 Å². The number of rotatable bonds is 5. The Kier molecular flexibility index (Phi) is 5.73. The summed E-state index contributed by atoms with van der Waals surface area (Å²) in [6, 6.07) is 18.7. The molecule has 164 valence electrons. The van der Waals surface area contributed by atoms with Gasteiger partial charge in [-0.3, -0.25) is 4.79 Å². The molecular weight excluding hydrogens is 408 g/mol. The number of nitrogens with zero attached hydrogens (tertiary/aromatic N) is 1. The molecule has 0 radical (unpaired) electrons. The van der Waals surface area contributed by atoms with Gasteiger partial charge in [0.05, 0.1) is 32.2 Å². The number of methoxy groups -OCH3 is 2. The highest BCUT2D eigenvalue weighted by atomic mass is 16.5. The molecule has 1 atom stereocenters. The van der Waals surface area contributed by atoms with E-state index in [0.29, 0.717) is 34.9 Å². The van der Waals surface area contributed by atoms with E-state index < -0.39 is 11.9 Å². The molecule has 1 aliphatic rings. The zero-order valence-electron chi connectivity index (χ0n) is 18.1. The van der Waals surface area contributed by atoms with Gasteiger partial charge in [0.25, 0.3) is 5.56 Å². The molecule has 0 saturated heterocycles. The predicted octanol–water partition coefficient (Wildman–Crippen LogP) is 3.08. The number of aryl methyl sites for hydroxylation is 1. The second-order valence-corrected chi connectivity index (χ2v) is 7.49. The largest absolute Gasteiger partial charge is 0.496 e. The summed E-state index contributed by atoms with van der Waals surface area (Å²) in [6.07, 6.45) is 0. The second kappa shape index (κ2) is 8.63. The summed E-state index contributed by atoms with van der Waals surface area (Å²) in [6.45, 7) is 2.21. The first-order valence-corrected chi connectivity index (χ1v) is 10.1. The van der Waals surface area contributed by atoms with Crippen molar-refractivity contribution in [3.63, 3.8) is 0 Å². The van der Waals surface area contributed by atoms with Gasteiger partial charge in [-0.15, -0.1) is 0 Å². The lowest BCUT2D eigenvalue weighted by molar-refractivity contribution is -0.136. The topological polar surface area (TPSA) is 92.8 Å². The van der Waals surface area contributed by atoms with Gasteiger partial charge in [-0.05, 0) is 18.6 Å². The molecule has 32 heavy (non-hydrogen) atoms. The van der Waals surface area contributed by atoms with Gasteiger partial charge in [-0.2, -0.15) is 0 Å². The standard InChI is InChI=1S/C25H24N2O5/c1-15-13-19-21(24(28)27(15)14-16-9-5-4-6-10-16)20(17-11-7-8-12-18(17)30-2)22(23(26)32-19)25(29)31-3/h4-13,20H,14,26H2,1-3H3/t20-/m1/s1. The van der Waals surface area contributed by atoms with Crippen LogP contribution in [0.25, 0.3) is 0 Å². The van der Waals surface area contributed by atoms with Crippen LogP contribution in [0.15, 0.2) is 76.9 Å². The van der Waals surface area contributed by atoms with Crippen molar-refractivity contribution in [1.82, 2.24) is 4.57 Å². The second-order valence-electron chi connectivity index (χ2n) is 7.49. The average Bonchev–Trinajstić information content (AvgIpc) is 2.81. The van der Waals surface area contributed by atoms with E-state index in [1.165, 1.54) is 14.2 Å². The Labute approximate surface area is 185 Å². The summed E-state index contributed by atoms with van der Waals surface area (Å²) in [5.41, 5.74) is 8.58. The molecule has 0 saturated carbocycles. The smallest absolute Gasteiger partial charge is 0.340 e. The lowest BCUT2D eigenvalue weighted by Gasteiger charge is -2.29. The molecule has 2 heterocycles. The molecule has 2 N–H and O–H groups in total. The molecule has 0 fully saturated rings. The van der Waals surface area contributed by atoms with Gasteiger partial charge in [0, 0.05) is 17.3 Å². The Balaban J connectivity index is 1.98. The van der Waals surface area contributed by atoms with Gasteiger partial charge in [0.2, 0.25) is 5.88 Å². The molecule has 7 nitrogen and oxygen atoms in total. The zero-order valence-corrected chi connectivity index (χ0v) is 18.1. The lowest BCUT2D eigenvalue weighted by atomic mass is 9.83. The van der Waals surface area contributed by atoms with Crippen molar-refractivity contribution >= 4 is 5.97 Å². The number of carbonyl (C=O) groups excluding carboxylic acids is 1. The summed E-state index contributed by atoms with van der Waals surface area (Å²) >= 11 is 0. The first kappa shape index (κ1) is 21.2. The number of benzene rings is 2. The molecule has 0 bridgehead atoms. The van der Waals surface area contributed by atoms with E-state index in [9.17, 15) is 9.59 Å². The number of fused-ring (bicyclic) bond motifs is 1. The van der Waals surface area contributed by atoms with Gasteiger partial charge in [-0.25, -0.2) is 4.79 Å². The maximum Gasteiger partial charge on any atom is 0.340 e. The quantitative estimate of drug-likeness (QED) is 0.623. The van der Waals surface area contributed by atoms with Crippen molar-refractivity contribution in [3.05, 3.63) is 105 Å². The van der Waals surface area contributed by atoms with Crippen LogP contribution in [0.1, 0.15) is 28.3 Å². The highest BCUT2D eigenvalue weighted by molar-refractivity contribution is 5.92. The number of aromatic nitrogens is 1. The first-order chi connectivity index (χ1) is 15.5. The maximum absolute atomic E-state index is 13.8. The number of carbonyl (C=O) groups is 1. The van der Waals surface area contributed by atoms with Crippen molar-refractivity contribution in [2.24, 2.45) is 5.73 Å². The van der Waals surface area contributed by atoms with Crippen molar-refractivity contribution in [2.45, 2.75) is 19.4 Å². The van der Waals surface area contributed by atoms with E-state index >= 15 is 0 Å². The highest BCUT2D eigenvalue weighted by Crippen LogP contribution is 2.44. The van der Waals surface area contributed by atoms with Crippen LogP contribution in [0, 0.1) is 6.92 Å². The number of pyridine rings is 1. The maximum atomic E-state index is 13.8. The number of hydrogen-bond donors (Lipinski definition) is 1. The van der Waals surface area contributed by atoms with Gasteiger partial charge in [-0.1, -0.05) is 48.5 Å². The van der Waals surface area contributed by atoms with Gasteiger partial charge < -0.3 is 24.5 Å². The van der Waals surface area contributed by atoms with E-state index in [1.54, 1.807) is 22.8 Å². The summed E-state index contributed by atoms with van der Waals surface area (Å²) in [5, 5.41) is 0. The Morgan fingerprint density at radius 2 is 1.78 bits per heavy atom. The molecule has 1 aliphatic heterocycles. The van der Waals surface area contributed by atoms with Gasteiger partial charge in [0.15, 0.2) is 0 Å². The third-order valence-corrected chi connectivity index (χ3v) is 5.61. The van der Waals surface area contributed by atoms with Crippen molar-refractivity contribution in [1.29, 1.82) is 0 Å². The van der Waals surface area contributed by atoms with Crippen LogP contribution < -0.4 is 20.8 Å². The molecule has 0 aliphatic carbocycles. The minimum atomic E-state index is -0.808. The van der Waals surface area contributed by atoms with E-state index in [1.807, 2.05) is 49.4 Å². The summed E-state index contributed by atoms with van der Waals surface area (Å²) in [5.74, 6) is -0.733. The molecule has 1 aromatic heterocycles. The third kappa shape index (κ3) is 3.62. The Morgan fingerprint density at radius 3 is 2.47 bits per heavy atom. The molecule has 2 aromatic carbocycles. The number of nitrogens with two attached hydrogens (primary N) is 1. The fraction of sp³-hybridized carbons (Fsp3) is 0.200. The number of esters is 1. The normalized spacial score (nSPS) is 15.0. The van der Waals surface area contributed by atoms with Crippen LogP contribution >= 0.6 is 0 Å². The van der Waals surface area contributed by atoms with Crippen LogP contribution in [0.3, 0.4) is 0 Å². The van der Waals surface area contributed by atoms with Crippen LogP contribution in [-0.4, -0.2) is 24.8 Å². The van der Waals surface area contributed by atoms with E-state index in [0.717, 1.165) is 5.56 Å². The van der Waals surface area contributed by atoms with E-state index in [2.05, 4.69) is 0 Å². The SMILES string of the molecule is COC(=O)C1=C(N)Oc2cc(C)n(Cc3ccccc3)c(=O)c2[C@H]1c1ccccc1OC. The summed E-state index contributed by atoms with van der Waals surface area (Å²) < 4.78 is 17.9. The molecule has 3 aromatic rings. The fourth-order valence-electron chi connectivity index (χ4n) is 4.07. The van der Waals surface area contributed by atoms with E-state index in [-0.39, 0.29) is 17.0 Å². The Morgan fingerprint density at radius 1 is 1.09 bits per heavy atom. The van der Waals surface area contributed by atoms with Crippen molar-refractivity contribution < 1.29 is 19.0 Å². The number of para-hydroxylation sites is 1. The van der Waals surface area contributed by atoms with E-state index in [4.69, 9.17) is 19.9 Å². The van der Waals surface area contributed by atoms with Crippen LogP contribution in [0.5, 0.6) is 11.5 Å². The fourth-order valence-corrected chi connectivity index (χ4v) is 4.07. The van der Waals surface area contributed by atoms with Crippen molar-refractivity contribution in [2.75, 3.05) is 14.2 Å². The monoisotopic (exact) mass is 432 g/mol. The molecule has 7 heteroatoms. The van der Waals surface area contributed by atoms with Crippen molar-refractivity contribution in [3.8, 4) is 11.5 Å². The Bertz CT molecular complexity index is 1260. The highest BCUT2D eigenvalue weighted by Gasteiger charge is 2.39. The van der Waals surface area contributed by atoms with Crippen LogP contribution in [0.4, 0.5) is 0 Å². The summed E-state index contributed by atoms with van der Waals surface area (Å²) in [4.78, 5) is 26.5. The lowest BCUT2D eigenvalue weighted by Crippen LogP contribution is -2.35. The summed E-state index contributed by atoms with van der Waals surface area (Å²) in [7, 11) is 2.80. The molecular formula is C25H24N2O5. The molecule has 0 amide bonds. The molecule has 4 rings (SSSR count). The predicted molar refractivity (Wildman–Crippen MR) is 120 cm³/mol. The molecule has 0 spiro atoms.